The third-order valence-corrected chi connectivity index (χ3v) is 7.48. The van der Waals surface area contributed by atoms with E-state index in [1.165, 1.54) is 0 Å². The van der Waals surface area contributed by atoms with E-state index in [0.717, 1.165) is 0 Å². The van der Waals surface area contributed by atoms with Gasteiger partial charge in [-0.1, -0.05) is 22.8 Å². The van der Waals surface area contributed by atoms with Crippen LogP contribution < -0.4 is 0 Å². The van der Waals surface area contributed by atoms with Crippen LogP contribution in [0.4, 0.5) is 0 Å². The van der Waals surface area contributed by atoms with Gasteiger partial charge in [-0.15, -0.1) is 26.3 Å². The van der Waals surface area contributed by atoms with E-state index in [0.29, 0.717) is 0 Å². The fourth-order valence-electron chi connectivity index (χ4n) is 0.661. The number of hydrogen-bond donors (Lipinski definition) is 0. The summed E-state index contributed by atoms with van der Waals surface area (Å²) in [6, 6.07) is 0. The first-order chi connectivity index (χ1) is 6.28. The molecule has 0 rings (SSSR count). The Morgan fingerprint density at radius 3 is 1.31 bits per heavy atom. The van der Waals surface area contributed by atoms with Crippen molar-refractivity contribution in [1.82, 2.24) is 0 Å². The predicted molar refractivity (Wildman–Crippen MR) is 65.8 cm³/mol. The van der Waals surface area contributed by atoms with Gasteiger partial charge in [-0.2, -0.15) is 0 Å². The molecule has 5 heteroatoms. The zero-order valence-corrected chi connectivity index (χ0v) is 11.5. The van der Waals surface area contributed by atoms with Crippen LogP contribution in [0, 0.1) is 0 Å². The van der Waals surface area contributed by atoms with Gasteiger partial charge >= 0.3 is 0 Å². The highest BCUT2D eigenvalue weighted by Crippen LogP contribution is 1.91. The summed E-state index contributed by atoms with van der Waals surface area (Å²) in [5.74, 6) is 0. The molecule has 0 N–H and O–H groups in total. The van der Waals surface area contributed by atoms with Crippen LogP contribution >= 0.6 is 0 Å². The first kappa shape index (κ1) is 12.5. The quantitative estimate of drug-likeness (QED) is 0.559. The Kier molecular flexibility index (Phi) is 7.85. The van der Waals surface area contributed by atoms with Crippen LogP contribution in [-0.4, -0.2) is 28.1 Å². The van der Waals surface area contributed by atoms with Gasteiger partial charge in [0.1, 0.15) is 0 Å². The zero-order valence-electron chi connectivity index (χ0n) is 7.82. The van der Waals surface area contributed by atoms with Crippen LogP contribution in [0.5, 0.6) is 0 Å². The van der Waals surface area contributed by atoms with Crippen molar-refractivity contribution in [2.75, 3.05) is 0 Å². The van der Waals surface area contributed by atoms with E-state index in [-0.39, 0.29) is 0 Å². The monoisotopic (exact) mass is 228 g/mol. The van der Waals surface area contributed by atoms with E-state index in [1.807, 2.05) is 22.8 Å². The van der Waals surface area contributed by atoms with Crippen molar-refractivity contribution < 1.29 is 8.23 Å². The highest BCUT2D eigenvalue weighted by atomic mass is 28.4. The van der Waals surface area contributed by atoms with Gasteiger partial charge in [0.05, 0.1) is 0 Å². The van der Waals surface area contributed by atoms with E-state index < -0.39 is 28.1 Å². The highest BCUT2D eigenvalue weighted by molar-refractivity contribution is 6.70. The van der Waals surface area contributed by atoms with Crippen molar-refractivity contribution in [3.05, 3.63) is 49.1 Å². The minimum Gasteiger partial charge on any atom is -0.436 e. The van der Waals surface area contributed by atoms with Gasteiger partial charge in [0, 0.05) is 0 Å². The van der Waals surface area contributed by atoms with Crippen LogP contribution in [0.25, 0.3) is 0 Å². The maximum atomic E-state index is 5.53. The largest absolute Gasteiger partial charge is 0.436 e. The smallest absolute Gasteiger partial charge is 0.284 e. The van der Waals surface area contributed by atoms with E-state index in [4.69, 9.17) is 8.23 Å². The Labute approximate surface area is 85.8 Å². The average Bonchev–Trinajstić information content (AvgIpc) is 2.19. The van der Waals surface area contributed by atoms with Gasteiger partial charge in [-0.25, -0.2) is 0 Å². The van der Waals surface area contributed by atoms with Crippen molar-refractivity contribution in [1.29, 1.82) is 0 Å². The SMILES string of the molecule is C=C[SiH](C=C)O[SiH2]O[SiH](C=C)C=C. The Hall–Kier alpha value is -0.469. The summed E-state index contributed by atoms with van der Waals surface area (Å²) in [6.07, 6.45) is 0. The molecule has 0 aliphatic heterocycles. The molecule has 0 spiro atoms. The van der Waals surface area contributed by atoms with Crippen LogP contribution in [0.2, 0.25) is 0 Å². The topological polar surface area (TPSA) is 18.5 Å². The third-order valence-electron chi connectivity index (χ3n) is 1.45. The zero-order chi connectivity index (χ0) is 10.1. The molecule has 2 nitrogen and oxygen atoms in total. The van der Waals surface area contributed by atoms with Crippen molar-refractivity contribution in [3.8, 4) is 0 Å². The summed E-state index contributed by atoms with van der Waals surface area (Å²) in [4.78, 5) is 0. The summed E-state index contributed by atoms with van der Waals surface area (Å²) in [5, 5.41) is 0. The van der Waals surface area contributed by atoms with Gasteiger partial charge in [0.15, 0.2) is 0 Å². The van der Waals surface area contributed by atoms with Crippen LogP contribution in [-0.2, 0) is 8.23 Å². The minimum atomic E-state index is -1.35. The second kappa shape index (κ2) is 8.14. The van der Waals surface area contributed by atoms with Crippen molar-refractivity contribution in [3.63, 3.8) is 0 Å². The van der Waals surface area contributed by atoms with Crippen molar-refractivity contribution >= 4 is 28.1 Å². The molecule has 0 saturated heterocycles. The molecule has 13 heavy (non-hydrogen) atoms. The first-order valence-corrected chi connectivity index (χ1v) is 8.78. The summed E-state index contributed by atoms with van der Waals surface area (Å²) in [5.41, 5.74) is 7.34. The molecule has 0 heterocycles. The maximum absolute atomic E-state index is 5.53. The Morgan fingerprint density at radius 2 is 1.08 bits per heavy atom. The Morgan fingerprint density at radius 1 is 0.769 bits per heavy atom. The fourth-order valence-corrected chi connectivity index (χ4v) is 5.50. The van der Waals surface area contributed by atoms with Gasteiger partial charge in [0.25, 0.3) is 10.0 Å². The summed E-state index contributed by atoms with van der Waals surface area (Å²) >= 11 is 0. The molecule has 0 fully saturated rings. The summed E-state index contributed by atoms with van der Waals surface area (Å²) in [6.45, 7) is 14.7. The lowest BCUT2D eigenvalue weighted by molar-refractivity contribution is 0.487. The molecule has 0 unspecified atom stereocenters. The molecule has 0 aliphatic rings. The second-order valence-electron chi connectivity index (χ2n) is 2.32. The molecule has 0 bridgehead atoms. The molecule has 0 aromatic rings. The first-order valence-electron chi connectivity index (χ1n) is 4.02. The molecule has 0 amide bonds. The normalized spacial score (nSPS) is 10.0. The molecule has 72 valence electrons. The Bertz CT molecular complexity index is 158. The summed E-state index contributed by atoms with van der Waals surface area (Å²) in [7, 11) is -3.60. The highest BCUT2D eigenvalue weighted by Gasteiger charge is 2.04. The molecule has 0 aliphatic carbocycles. The molecular weight excluding hydrogens is 212 g/mol. The van der Waals surface area contributed by atoms with E-state index in [9.17, 15) is 0 Å². The molecule has 0 radical (unpaired) electrons. The minimum absolute atomic E-state index is 0.889. The second-order valence-corrected chi connectivity index (χ2v) is 8.97. The standard InChI is InChI=1S/C8H16O2Si3/c1-5-12(6-2)9-11-10-13(7-3)8-4/h5-8,12-13H,1-4,11H2. The van der Waals surface area contributed by atoms with E-state index >= 15 is 0 Å². The van der Waals surface area contributed by atoms with Gasteiger partial charge in [0.2, 0.25) is 18.1 Å². The maximum Gasteiger partial charge on any atom is 0.284 e. The molecule has 0 saturated carbocycles. The lowest BCUT2D eigenvalue weighted by Gasteiger charge is -2.11. The fraction of sp³-hybridized carbons (Fsp3) is 0. The van der Waals surface area contributed by atoms with E-state index in [2.05, 4.69) is 26.3 Å². The number of hydrogen-bond acceptors (Lipinski definition) is 2. The average molecular weight is 228 g/mol. The van der Waals surface area contributed by atoms with Crippen molar-refractivity contribution in [2.45, 2.75) is 0 Å². The molecule has 0 atom stereocenters. The van der Waals surface area contributed by atoms with E-state index in [1.54, 1.807) is 0 Å². The van der Waals surface area contributed by atoms with Crippen LogP contribution in [0.3, 0.4) is 0 Å². The van der Waals surface area contributed by atoms with Gasteiger partial charge in [-0.05, 0) is 0 Å². The predicted octanol–water partition coefficient (Wildman–Crippen LogP) is 0.367. The lowest BCUT2D eigenvalue weighted by atomic mass is 11.2. The van der Waals surface area contributed by atoms with Crippen LogP contribution in [0.1, 0.15) is 0 Å². The van der Waals surface area contributed by atoms with Gasteiger partial charge in [-0.3, -0.25) is 0 Å². The van der Waals surface area contributed by atoms with Crippen molar-refractivity contribution in [2.24, 2.45) is 0 Å². The lowest BCUT2D eigenvalue weighted by Crippen LogP contribution is -2.23. The van der Waals surface area contributed by atoms with Crippen LogP contribution in [0.15, 0.2) is 49.1 Å². The number of rotatable bonds is 8. The molecule has 0 aromatic heterocycles. The molecule has 0 aromatic carbocycles. The third kappa shape index (κ3) is 5.72. The van der Waals surface area contributed by atoms with Gasteiger partial charge < -0.3 is 8.23 Å². The Balaban J connectivity index is 3.63. The molecular formula is C8H16O2Si3. The summed E-state index contributed by atoms with van der Waals surface area (Å²) < 4.78 is 11.1.